The Morgan fingerprint density at radius 1 is 1.07 bits per heavy atom. The lowest BCUT2D eigenvalue weighted by Gasteiger charge is -2.20. The highest BCUT2D eigenvalue weighted by Gasteiger charge is 2.21. The van der Waals surface area contributed by atoms with E-state index in [2.05, 4.69) is 29.7 Å². The molecule has 1 atom stereocenters. The fraction of sp³-hybridized carbons (Fsp3) is 0.381. The van der Waals surface area contributed by atoms with Crippen molar-refractivity contribution in [3.8, 4) is 0 Å². The number of benzene rings is 2. The number of anilines is 1. The van der Waals surface area contributed by atoms with Crippen LogP contribution in [-0.2, 0) is 16.4 Å². The van der Waals surface area contributed by atoms with Gasteiger partial charge >= 0.3 is 0 Å². The number of rotatable bonds is 8. The van der Waals surface area contributed by atoms with Gasteiger partial charge in [0.15, 0.2) is 5.11 Å². The largest absolute Gasteiger partial charge is 0.356 e. The lowest BCUT2D eigenvalue weighted by molar-refractivity contribution is 0.445. The minimum atomic E-state index is -3.44. The first-order valence-corrected chi connectivity index (χ1v) is 11.4. The van der Waals surface area contributed by atoms with Crippen LogP contribution in [0.4, 0.5) is 5.69 Å². The van der Waals surface area contributed by atoms with E-state index in [1.807, 2.05) is 45.0 Å². The normalized spacial score (nSPS) is 12.6. The highest BCUT2D eigenvalue weighted by atomic mass is 32.2. The summed E-state index contributed by atoms with van der Waals surface area (Å²) in [4.78, 5) is 0.309. The van der Waals surface area contributed by atoms with Gasteiger partial charge in [-0.1, -0.05) is 45.0 Å². The van der Waals surface area contributed by atoms with Crippen molar-refractivity contribution >= 4 is 33.0 Å². The van der Waals surface area contributed by atoms with Crippen molar-refractivity contribution in [1.82, 2.24) is 9.62 Å². The van der Waals surface area contributed by atoms with Gasteiger partial charge in [-0.15, -0.1) is 0 Å². The minimum Gasteiger partial charge on any atom is -0.356 e. The van der Waals surface area contributed by atoms with Gasteiger partial charge in [0, 0.05) is 18.8 Å². The molecule has 5 nitrogen and oxygen atoms in total. The molecule has 0 aliphatic rings. The van der Waals surface area contributed by atoms with Crippen LogP contribution in [-0.4, -0.2) is 30.9 Å². The maximum atomic E-state index is 12.6. The molecular formula is C21H29N3O2S2. The Bertz CT molecular complexity index is 892. The van der Waals surface area contributed by atoms with Gasteiger partial charge in [-0.25, -0.2) is 8.42 Å². The Labute approximate surface area is 174 Å². The summed E-state index contributed by atoms with van der Waals surface area (Å²) in [5.41, 5.74) is 3.15. The average molecular weight is 420 g/mol. The van der Waals surface area contributed by atoms with Crippen molar-refractivity contribution in [2.24, 2.45) is 0 Å². The van der Waals surface area contributed by atoms with E-state index in [4.69, 9.17) is 12.2 Å². The lowest BCUT2D eigenvalue weighted by atomic mass is 10.1. The molecule has 0 saturated carbocycles. The third-order valence-electron chi connectivity index (χ3n) is 4.66. The van der Waals surface area contributed by atoms with Gasteiger partial charge in [0.05, 0.1) is 10.9 Å². The van der Waals surface area contributed by atoms with Crippen LogP contribution in [0.2, 0.25) is 0 Å². The van der Waals surface area contributed by atoms with Gasteiger partial charge in [-0.05, 0) is 61.0 Å². The molecule has 2 aromatic rings. The molecule has 0 amide bonds. The molecule has 0 heterocycles. The zero-order valence-corrected chi connectivity index (χ0v) is 18.5. The standard InChI is InChI=1S/C21H29N3O2S2/c1-5-17-9-8-10-19(15-17)23-21(27)22-16(4)18-11-13-20(14-12-18)28(25,26)24(6-2)7-3/h8-16H,5-7H2,1-4H3,(H2,22,23,27)/t16-/m1/s1. The van der Waals surface area contributed by atoms with Crippen LogP contribution in [0.3, 0.4) is 0 Å². The summed E-state index contributed by atoms with van der Waals surface area (Å²) in [5.74, 6) is 0. The second-order valence-electron chi connectivity index (χ2n) is 6.53. The number of nitrogens with one attached hydrogen (secondary N) is 2. The van der Waals surface area contributed by atoms with Crippen molar-refractivity contribution in [3.63, 3.8) is 0 Å². The second kappa shape index (κ2) is 10.0. The molecule has 0 saturated heterocycles. The predicted molar refractivity (Wildman–Crippen MR) is 120 cm³/mol. The monoisotopic (exact) mass is 419 g/mol. The molecule has 0 fully saturated rings. The van der Waals surface area contributed by atoms with Crippen molar-refractivity contribution in [3.05, 3.63) is 59.7 Å². The van der Waals surface area contributed by atoms with Crippen LogP contribution in [0.5, 0.6) is 0 Å². The van der Waals surface area contributed by atoms with E-state index < -0.39 is 10.0 Å². The Hall–Kier alpha value is -1.96. The fourth-order valence-corrected chi connectivity index (χ4v) is 4.71. The first kappa shape index (κ1) is 22.3. The second-order valence-corrected chi connectivity index (χ2v) is 8.88. The van der Waals surface area contributed by atoms with Gasteiger partial charge in [-0.3, -0.25) is 0 Å². The molecule has 0 aliphatic carbocycles. The number of aryl methyl sites for hydroxylation is 1. The van der Waals surface area contributed by atoms with E-state index in [0.29, 0.717) is 23.1 Å². The molecule has 152 valence electrons. The molecule has 0 bridgehead atoms. The molecule has 7 heteroatoms. The average Bonchev–Trinajstić information content (AvgIpc) is 2.68. The first-order valence-electron chi connectivity index (χ1n) is 9.58. The molecule has 0 spiro atoms. The van der Waals surface area contributed by atoms with Gasteiger partial charge in [0.25, 0.3) is 0 Å². The van der Waals surface area contributed by atoms with E-state index in [9.17, 15) is 8.42 Å². The minimum absolute atomic E-state index is 0.0560. The topological polar surface area (TPSA) is 61.4 Å². The number of nitrogens with zero attached hydrogens (tertiary/aromatic N) is 1. The van der Waals surface area contributed by atoms with Crippen molar-refractivity contribution < 1.29 is 8.42 Å². The quantitative estimate of drug-likeness (QED) is 0.624. The molecule has 0 radical (unpaired) electrons. The molecule has 2 aromatic carbocycles. The van der Waals surface area contributed by atoms with Crippen LogP contribution in [0.1, 0.15) is 44.9 Å². The summed E-state index contributed by atoms with van der Waals surface area (Å²) < 4.78 is 26.6. The van der Waals surface area contributed by atoms with Crippen molar-refractivity contribution in [2.75, 3.05) is 18.4 Å². The van der Waals surface area contributed by atoms with Crippen LogP contribution in [0.15, 0.2) is 53.4 Å². The Morgan fingerprint density at radius 2 is 1.71 bits per heavy atom. The third-order valence-corrected chi connectivity index (χ3v) is 6.95. The highest BCUT2D eigenvalue weighted by molar-refractivity contribution is 7.89. The molecule has 0 unspecified atom stereocenters. The predicted octanol–water partition coefficient (Wildman–Crippen LogP) is 4.33. The number of thiocarbonyl (C=S) groups is 1. The van der Waals surface area contributed by atoms with Crippen LogP contribution in [0.25, 0.3) is 0 Å². The Kier molecular flexibility index (Phi) is 7.98. The smallest absolute Gasteiger partial charge is 0.243 e. The summed E-state index contributed by atoms with van der Waals surface area (Å²) in [6, 6.07) is 15.0. The summed E-state index contributed by atoms with van der Waals surface area (Å²) >= 11 is 5.42. The van der Waals surface area contributed by atoms with Crippen molar-refractivity contribution in [2.45, 2.75) is 45.1 Å². The SMILES string of the molecule is CCc1cccc(NC(=S)N[C@H](C)c2ccc(S(=O)(=O)N(CC)CC)cc2)c1. The van der Waals surface area contributed by atoms with E-state index >= 15 is 0 Å². The molecular weight excluding hydrogens is 390 g/mol. The van der Waals surface area contributed by atoms with Crippen LogP contribution < -0.4 is 10.6 Å². The van der Waals surface area contributed by atoms with Crippen LogP contribution >= 0.6 is 12.2 Å². The molecule has 0 aromatic heterocycles. The first-order chi connectivity index (χ1) is 13.3. The van der Waals surface area contributed by atoms with E-state index in [-0.39, 0.29) is 6.04 Å². The summed E-state index contributed by atoms with van der Waals surface area (Å²) in [6.45, 7) is 8.69. The third kappa shape index (κ3) is 5.53. The summed E-state index contributed by atoms with van der Waals surface area (Å²) in [5, 5.41) is 6.98. The Morgan fingerprint density at radius 3 is 2.29 bits per heavy atom. The lowest BCUT2D eigenvalue weighted by Crippen LogP contribution is -2.31. The summed E-state index contributed by atoms with van der Waals surface area (Å²) in [7, 11) is -3.44. The number of hydrogen-bond acceptors (Lipinski definition) is 3. The highest BCUT2D eigenvalue weighted by Crippen LogP contribution is 2.20. The van der Waals surface area contributed by atoms with Crippen LogP contribution in [0, 0.1) is 0 Å². The molecule has 2 N–H and O–H groups in total. The molecule has 28 heavy (non-hydrogen) atoms. The molecule has 2 rings (SSSR count). The van der Waals surface area contributed by atoms with E-state index in [0.717, 1.165) is 17.7 Å². The number of sulfonamides is 1. The van der Waals surface area contributed by atoms with Gasteiger partial charge in [-0.2, -0.15) is 4.31 Å². The maximum Gasteiger partial charge on any atom is 0.243 e. The van der Waals surface area contributed by atoms with Gasteiger partial charge in [0.2, 0.25) is 10.0 Å². The maximum absolute atomic E-state index is 12.6. The Balaban J connectivity index is 2.04. The zero-order chi connectivity index (χ0) is 20.7. The fourth-order valence-electron chi connectivity index (χ4n) is 2.96. The van der Waals surface area contributed by atoms with E-state index in [1.165, 1.54) is 9.87 Å². The zero-order valence-electron chi connectivity index (χ0n) is 16.9. The van der Waals surface area contributed by atoms with E-state index in [1.54, 1.807) is 12.1 Å². The number of hydrogen-bond donors (Lipinski definition) is 2. The van der Waals surface area contributed by atoms with Crippen molar-refractivity contribution in [1.29, 1.82) is 0 Å². The van der Waals surface area contributed by atoms with Gasteiger partial charge in [0.1, 0.15) is 0 Å². The van der Waals surface area contributed by atoms with Gasteiger partial charge < -0.3 is 10.6 Å². The summed E-state index contributed by atoms with van der Waals surface area (Å²) in [6.07, 6.45) is 0.967. The molecule has 0 aliphatic heterocycles.